The van der Waals surface area contributed by atoms with E-state index in [-0.39, 0.29) is 36.7 Å². The zero-order valence-electron chi connectivity index (χ0n) is 16.1. The van der Waals surface area contributed by atoms with Gasteiger partial charge in [0.2, 0.25) is 11.8 Å². The van der Waals surface area contributed by atoms with Gasteiger partial charge in [-0.05, 0) is 37.3 Å². The molecule has 3 rings (SSSR count). The molecule has 146 valence electrons. The Hall–Kier alpha value is -3.35. The van der Waals surface area contributed by atoms with Gasteiger partial charge in [0.25, 0.3) is 5.91 Å². The van der Waals surface area contributed by atoms with Crippen molar-refractivity contribution in [2.45, 2.75) is 19.4 Å². The lowest BCUT2D eigenvalue weighted by Gasteiger charge is -2.29. The number of amides is 3. The number of anilines is 2. The fourth-order valence-corrected chi connectivity index (χ4v) is 3.30. The summed E-state index contributed by atoms with van der Waals surface area (Å²) < 4.78 is 5.15. The molecule has 2 aromatic rings. The number of nitrogens with zero attached hydrogens (tertiary/aromatic N) is 2. The van der Waals surface area contributed by atoms with E-state index in [1.54, 1.807) is 54.4 Å². The molecular formula is C21H23N3O4. The standard InChI is InChI=1S/C21H23N3O4/c1-14-11-19(25)22-17-9-4-5-10-18(17)24(14)20(26)13-23(2)21(27)15-7-6-8-16(12-15)28-3/h4-10,12,14H,11,13H2,1-3H3,(H,22,25). The molecule has 1 heterocycles. The van der Waals surface area contributed by atoms with Gasteiger partial charge in [-0.2, -0.15) is 0 Å². The van der Waals surface area contributed by atoms with Gasteiger partial charge in [-0.3, -0.25) is 14.4 Å². The minimum Gasteiger partial charge on any atom is -0.497 e. The van der Waals surface area contributed by atoms with Gasteiger partial charge in [0.1, 0.15) is 12.3 Å². The third-order valence-electron chi connectivity index (χ3n) is 4.66. The number of carbonyl (C=O) groups is 3. The molecule has 1 atom stereocenters. The van der Waals surface area contributed by atoms with E-state index in [9.17, 15) is 14.4 Å². The number of hydrogen-bond acceptors (Lipinski definition) is 4. The summed E-state index contributed by atoms with van der Waals surface area (Å²) in [6.07, 6.45) is 0.188. The zero-order chi connectivity index (χ0) is 20.3. The van der Waals surface area contributed by atoms with Crippen LogP contribution in [0.5, 0.6) is 5.75 Å². The molecule has 7 heteroatoms. The number of methoxy groups -OCH3 is 1. The first-order valence-electron chi connectivity index (χ1n) is 9.01. The van der Waals surface area contributed by atoms with Crippen LogP contribution < -0.4 is 15.0 Å². The summed E-state index contributed by atoms with van der Waals surface area (Å²) in [6, 6.07) is 13.6. The van der Waals surface area contributed by atoms with Gasteiger partial charge < -0.3 is 19.9 Å². The van der Waals surface area contributed by atoms with E-state index in [0.717, 1.165) is 0 Å². The summed E-state index contributed by atoms with van der Waals surface area (Å²) >= 11 is 0. The summed E-state index contributed by atoms with van der Waals surface area (Å²) in [5.41, 5.74) is 1.66. The molecule has 28 heavy (non-hydrogen) atoms. The summed E-state index contributed by atoms with van der Waals surface area (Å²) in [6.45, 7) is 1.71. The van der Waals surface area contributed by atoms with Crippen LogP contribution in [0, 0.1) is 0 Å². The molecule has 7 nitrogen and oxygen atoms in total. The second-order valence-corrected chi connectivity index (χ2v) is 6.78. The maximum Gasteiger partial charge on any atom is 0.254 e. The molecule has 1 N–H and O–H groups in total. The molecule has 0 saturated heterocycles. The van der Waals surface area contributed by atoms with Crippen LogP contribution >= 0.6 is 0 Å². The van der Waals surface area contributed by atoms with Crippen LogP contribution in [0.2, 0.25) is 0 Å². The molecule has 2 aromatic carbocycles. The van der Waals surface area contributed by atoms with Crippen molar-refractivity contribution >= 4 is 29.1 Å². The Kier molecular flexibility index (Phi) is 5.63. The maximum absolute atomic E-state index is 13.1. The molecule has 0 spiro atoms. The highest BCUT2D eigenvalue weighted by Crippen LogP contribution is 2.31. The van der Waals surface area contributed by atoms with Gasteiger partial charge in [-0.25, -0.2) is 0 Å². The number of likely N-dealkylation sites (N-methyl/N-ethyl adjacent to an activating group) is 1. The number of hydrogen-bond donors (Lipinski definition) is 1. The Morgan fingerprint density at radius 3 is 2.71 bits per heavy atom. The van der Waals surface area contributed by atoms with E-state index in [1.807, 2.05) is 13.0 Å². The molecule has 1 unspecified atom stereocenters. The predicted octanol–water partition coefficient (Wildman–Crippen LogP) is 2.53. The van der Waals surface area contributed by atoms with E-state index < -0.39 is 0 Å². The second-order valence-electron chi connectivity index (χ2n) is 6.78. The van der Waals surface area contributed by atoms with Gasteiger partial charge in [-0.15, -0.1) is 0 Å². The van der Waals surface area contributed by atoms with Crippen molar-refractivity contribution in [3.63, 3.8) is 0 Å². The first-order chi connectivity index (χ1) is 13.4. The van der Waals surface area contributed by atoms with Gasteiger partial charge in [0.05, 0.1) is 18.5 Å². The highest BCUT2D eigenvalue weighted by atomic mass is 16.5. The lowest BCUT2D eigenvalue weighted by atomic mass is 10.1. The van der Waals surface area contributed by atoms with Crippen molar-refractivity contribution in [3.8, 4) is 5.75 Å². The minimum atomic E-state index is -0.323. The Morgan fingerprint density at radius 1 is 1.21 bits per heavy atom. The molecule has 1 aliphatic rings. The molecular weight excluding hydrogens is 358 g/mol. The number of para-hydroxylation sites is 2. The number of nitrogens with one attached hydrogen (secondary N) is 1. The van der Waals surface area contributed by atoms with Crippen molar-refractivity contribution in [1.82, 2.24) is 4.90 Å². The number of benzene rings is 2. The number of ether oxygens (including phenoxy) is 1. The first-order valence-corrected chi connectivity index (χ1v) is 9.01. The predicted molar refractivity (Wildman–Crippen MR) is 107 cm³/mol. The van der Waals surface area contributed by atoms with E-state index in [2.05, 4.69) is 5.32 Å². The SMILES string of the molecule is COc1cccc(C(=O)N(C)CC(=O)N2c3ccccc3NC(=O)CC2C)c1. The highest BCUT2D eigenvalue weighted by molar-refractivity contribution is 6.06. The zero-order valence-corrected chi connectivity index (χ0v) is 16.1. The first kappa shape index (κ1) is 19.4. The molecule has 0 radical (unpaired) electrons. The van der Waals surface area contributed by atoms with Crippen molar-refractivity contribution in [2.24, 2.45) is 0 Å². The van der Waals surface area contributed by atoms with Crippen molar-refractivity contribution in [3.05, 3.63) is 54.1 Å². The quantitative estimate of drug-likeness (QED) is 0.883. The number of carbonyl (C=O) groups excluding carboxylic acids is 3. The van der Waals surface area contributed by atoms with Crippen LogP contribution in [-0.2, 0) is 9.59 Å². The average Bonchev–Trinajstić information content (AvgIpc) is 2.81. The summed E-state index contributed by atoms with van der Waals surface area (Å²) in [4.78, 5) is 40.8. The van der Waals surface area contributed by atoms with Crippen LogP contribution in [0.25, 0.3) is 0 Å². The summed E-state index contributed by atoms with van der Waals surface area (Å²) in [5.74, 6) is -0.103. The van der Waals surface area contributed by atoms with Crippen LogP contribution in [-0.4, -0.2) is 49.4 Å². The normalized spacial score (nSPS) is 15.9. The van der Waals surface area contributed by atoms with Gasteiger partial charge >= 0.3 is 0 Å². The van der Waals surface area contributed by atoms with E-state index in [4.69, 9.17) is 4.74 Å². The lowest BCUT2D eigenvalue weighted by Crippen LogP contribution is -2.45. The number of fused-ring (bicyclic) bond motifs is 1. The smallest absolute Gasteiger partial charge is 0.254 e. The Morgan fingerprint density at radius 2 is 1.96 bits per heavy atom. The lowest BCUT2D eigenvalue weighted by molar-refractivity contribution is -0.119. The van der Waals surface area contributed by atoms with Crippen molar-refractivity contribution in [1.29, 1.82) is 0 Å². The fourth-order valence-electron chi connectivity index (χ4n) is 3.30. The van der Waals surface area contributed by atoms with E-state index in [1.165, 1.54) is 12.0 Å². The topological polar surface area (TPSA) is 79.0 Å². The van der Waals surface area contributed by atoms with Gasteiger partial charge in [0.15, 0.2) is 0 Å². The van der Waals surface area contributed by atoms with E-state index in [0.29, 0.717) is 22.7 Å². The number of rotatable bonds is 4. The molecule has 0 aromatic heterocycles. The third-order valence-corrected chi connectivity index (χ3v) is 4.66. The van der Waals surface area contributed by atoms with E-state index >= 15 is 0 Å². The minimum absolute atomic E-state index is 0.108. The summed E-state index contributed by atoms with van der Waals surface area (Å²) in [5, 5.41) is 2.82. The van der Waals surface area contributed by atoms with Gasteiger partial charge in [-0.1, -0.05) is 18.2 Å². The third kappa shape index (κ3) is 3.98. The monoisotopic (exact) mass is 381 g/mol. The molecule has 0 aliphatic carbocycles. The van der Waals surface area contributed by atoms with Crippen molar-refractivity contribution < 1.29 is 19.1 Å². The van der Waals surface area contributed by atoms with Gasteiger partial charge in [0, 0.05) is 25.1 Å². The highest BCUT2D eigenvalue weighted by Gasteiger charge is 2.30. The van der Waals surface area contributed by atoms with Crippen molar-refractivity contribution in [2.75, 3.05) is 30.9 Å². The van der Waals surface area contributed by atoms with Crippen LogP contribution in [0.15, 0.2) is 48.5 Å². The van der Waals surface area contributed by atoms with Crippen LogP contribution in [0.3, 0.4) is 0 Å². The Bertz CT molecular complexity index is 912. The molecule has 0 saturated carbocycles. The van der Waals surface area contributed by atoms with Crippen LogP contribution in [0.4, 0.5) is 11.4 Å². The average molecular weight is 381 g/mol. The Balaban J connectivity index is 1.81. The Labute approximate surface area is 163 Å². The molecule has 0 fully saturated rings. The largest absolute Gasteiger partial charge is 0.497 e. The second kappa shape index (κ2) is 8.12. The summed E-state index contributed by atoms with van der Waals surface area (Å²) in [7, 11) is 3.11. The maximum atomic E-state index is 13.1. The molecule has 3 amide bonds. The fraction of sp³-hybridized carbons (Fsp3) is 0.286. The molecule has 1 aliphatic heterocycles. The molecule has 0 bridgehead atoms. The van der Waals surface area contributed by atoms with Crippen LogP contribution in [0.1, 0.15) is 23.7 Å².